The second kappa shape index (κ2) is 4.21. The van der Waals surface area contributed by atoms with Gasteiger partial charge in [-0.05, 0) is 12.8 Å². The number of hydrogen-bond acceptors (Lipinski definition) is 4. The Bertz CT molecular complexity index is 382. The summed E-state index contributed by atoms with van der Waals surface area (Å²) in [6.45, 7) is 0. The van der Waals surface area contributed by atoms with Crippen LogP contribution in [0.1, 0.15) is 32.1 Å². The molecule has 1 aromatic heterocycles. The van der Waals surface area contributed by atoms with Gasteiger partial charge in [0.2, 0.25) is 11.9 Å². The molecule has 0 aliphatic heterocycles. The number of carbonyl (C=O) groups excluding carboxylic acids is 1. The molecule has 2 N–H and O–H groups in total. The molecule has 1 fully saturated rings. The first-order valence-electron chi connectivity index (χ1n) is 5.45. The van der Waals surface area contributed by atoms with Crippen molar-refractivity contribution >= 4 is 11.9 Å². The van der Waals surface area contributed by atoms with Crippen LogP contribution in [0.15, 0.2) is 6.33 Å². The van der Waals surface area contributed by atoms with Crippen LogP contribution in [0.2, 0.25) is 0 Å². The number of hydrogen-bond donors (Lipinski definition) is 2. The SMILES string of the molecule is Cn1ncnc1NC(=O)CC1(O)CCCC1. The van der Waals surface area contributed by atoms with E-state index in [1.54, 1.807) is 7.05 Å². The average molecular weight is 224 g/mol. The highest BCUT2D eigenvalue weighted by atomic mass is 16.3. The molecule has 0 bridgehead atoms. The zero-order valence-corrected chi connectivity index (χ0v) is 9.31. The molecule has 1 amide bonds. The van der Waals surface area contributed by atoms with Crippen LogP contribution < -0.4 is 5.32 Å². The van der Waals surface area contributed by atoms with Crippen molar-refractivity contribution in [3.8, 4) is 0 Å². The highest BCUT2D eigenvalue weighted by Crippen LogP contribution is 2.32. The van der Waals surface area contributed by atoms with E-state index in [2.05, 4.69) is 15.4 Å². The molecule has 0 saturated heterocycles. The van der Waals surface area contributed by atoms with Gasteiger partial charge >= 0.3 is 0 Å². The number of carbonyl (C=O) groups is 1. The van der Waals surface area contributed by atoms with Crippen molar-refractivity contribution in [3.05, 3.63) is 6.33 Å². The van der Waals surface area contributed by atoms with Gasteiger partial charge in [0.25, 0.3) is 0 Å². The summed E-state index contributed by atoms with van der Waals surface area (Å²) in [4.78, 5) is 15.6. The zero-order valence-electron chi connectivity index (χ0n) is 9.31. The second-order valence-corrected chi connectivity index (χ2v) is 4.36. The van der Waals surface area contributed by atoms with E-state index in [1.807, 2.05) is 0 Å². The maximum Gasteiger partial charge on any atom is 0.229 e. The van der Waals surface area contributed by atoms with Crippen LogP contribution in [0.25, 0.3) is 0 Å². The van der Waals surface area contributed by atoms with Crippen LogP contribution in [-0.2, 0) is 11.8 Å². The number of nitrogens with zero attached hydrogens (tertiary/aromatic N) is 3. The highest BCUT2D eigenvalue weighted by molar-refractivity contribution is 5.89. The highest BCUT2D eigenvalue weighted by Gasteiger charge is 2.33. The van der Waals surface area contributed by atoms with E-state index >= 15 is 0 Å². The second-order valence-electron chi connectivity index (χ2n) is 4.36. The lowest BCUT2D eigenvalue weighted by molar-refractivity contribution is -0.120. The van der Waals surface area contributed by atoms with Crippen molar-refractivity contribution in [1.82, 2.24) is 14.8 Å². The predicted octanol–water partition coefficient (Wildman–Crippen LogP) is 0.449. The summed E-state index contributed by atoms with van der Waals surface area (Å²) in [6, 6.07) is 0. The summed E-state index contributed by atoms with van der Waals surface area (Å²) < 4.78 is 1.48. The standard InChI is InChI=1S/C10H16N4O2/c1-14-9(11-7-12-14)13-8(15)6-10(16)4-2-3-5-10/h7,16H,2-6H2,1H3,(H,11,12,13,15). The van der Waals surface area contributed by atoms with E-state index in [0.717, 1.165) is 12.8 Å². The predicted molar refractivity (Wildman–Crippen MR) is 57.7 cm³/mol. The molecular formula is C10H16N4O2. The number of aromatic nitrogens is 3. The Kier molecular flexibility index (Phi) is 2.91. The number of aryl methyl sites for hydroxylation is 1. The first-order chi connectivity index (χ1) is 7.59. The van der Waals surface area contributed by atoms with Crippen molar-refractivity contribution in [2.75, 3.05) is 5.32 Å². The molecule has 1 saturated carbocycles. The number of amides is 1. The Morgan fingerprint density at radius 1 is 1.62 bits per heavy atom. The van der Waals surface area contributed by atoms with Gasteiger partial charge in [-0.1, -0.05) is 12.8 Å². The summed E-state index contributed by atoms with van der Waals surface area (Å²) in [5.74, 6) is 0.201. The topological polar surface area (TPSA) is 80.0 Å². The largest absolute Gasteiger partial charge is 0.389 e. The first-order valence-corrected chi connectivity index (χ1v) is 5.45. The van der Waals surface area contributed by atoms with Gasteiger partial charge in [0.1, 0.15) is 6.33 Å². The minimum absolute atomic E-state index is 0.139. The Morgan fingerprint density at radius 3 is 2.88 bits per heavy atom. The van der Waals surface area contributed by atoms with Crippen LogP contribution in [0.4, 0.5) is 5.95 Å². The fourth-order valence-corrected chi connectivity index (χ4v) is 2.09. The van der Waals surface area contributed by atoms with Gasteiger partial charge in [0, 0.05) is 7.05 Å². The maximum absolute atomic E-state index is 11.7. The third kappa shape index (κ3) is 2.38. The minimum atomic E-state index is -0.817. The van der Waals surface area contributed by atoms with E-state index in [9.17, 15) is 9.90 Å². The molecule has 6 heteroatoms. The zero-order chi connectivity index (χ0) is 11.6. The number of nitrogens with one attached hydrogen (secondary N) is 1. The average Bonchev–Trinajstić information content (AvgIpc) is 2.77. The molecule has 0 unspecified atom stereocenters. The van der Waals surface area contributed by atoms with E-state index in [-0.39, 0.29) is 12.3 Å². The Labute approximate surface area is 93.7 Å². The van der Waals surface area contributed by atoms with Gasteiger partial charge in [-0.15, -0.1) is 0 Å². The smallest absolute Gasteiger partial charge is 0.229 e. The molecule has 1 aromatic rings. The van der Waals surface area contributed by atoms with E-state index in [1.165, 1.54) is 11.0 Å². The van der Waals surface area contributed by atoms with Crippen LogP contribution in [0.3, 0.4) is 0 Å². The third-order valence-electron chi connectivity index (χ3n) is 2.99. The summed E-state index contributed by atoms with van der Waals surface area (Å²) in [6.07, 6.45) is 4.92. The summed E-state index contributed by atoms with van der Waals surface area (Å²) in [5.41, 5.74) is -0.817. The molecule has 6 nitrogen and oxygen atoms in total. The molecule has 16 heavy (non-hydrogen) atoms. The van der Waals surface area contributed by atoms with Gasteiger partial charge in [0.15, 0.2) is 0 Å². The van der Waals surface area contributed by atoms with Crippen LogP contribution >= 0.6 is 0 Å². The molecule has 0 spiro atoms. The molecule has 2 rings (SSSR count). The van der Waals surface area contributed by atoms with E-state index < -0.39 is 5.60 Å². The van der Waals surface area contributed by atoms with E-state index in [4.69, 9.17) is 0 Å². The van der Waals surface area contributed by atoms with Gasteiger partial charge in [-0.3, -0.25) is 10.1 Å². The molecular weight excluding hydrogens is 208 g/mol. The monoisotopic (exact) mass is 224 g/mol. The lowest BCUT2D eigenvalue weighted by Crippen LogP contribution is -2.31. The molecule has 0 radical (unpaired) electrons. The van der Waals surface area contributed by atoms with Crippen LogP contribution in [0.5, 0.6) is 0 Å². The van der Waals surface area contributed by atoms with Crippen molar-refractivity contribution in [2.24, 2.45) is 7.05 Å². The van der Waals surface area contributed by atoms with Crippen molar-refractivity contribution in [1.29, 1.82) is 0 Å². The normalized spacial score (nSPS) is 18.6. The molecule has 1 aliphatic rings. The molecule has 0 aromatic carbocycles. The van der Waals surface area contributed by atoms with Gasteiger partial charge < -0.3 is 5.11 Å². The lowest BCUT2D eigenvalue weighted by atomic mass is 9.98. The first kappa shape index (κ1) is 11.1. The Hall–Kier alpha value is -1.43. The quantitative estimate of drug-likeness (QED) is 0.781. The molecule has 0 atom stereocenters. The number of anilines is 1. The third-order valence-corrected chi connectivity index (χ3v) is 2.99. The number of rotatable bonds is 3. The van der Waals surface area contributed by atoms with E-state index in [0.29, 0.717) is 18.8 Å². The molecule has 1 heterocycles. The summed E-state index contributed by atoms with van der Waals surface area (Å²) >= 11 is 0. The molecule has 1 aliphatic carbocycles. The van der Waals surface area contributed by atoms with Gasteiger partial charge in [0.05, 0.1) is 12.0 Å². The van der Waals surface area contributed by atoms with Crippen LogP contribution in [0, 0.1) is 0 Å². The maximum atomic E-state index is 11.7. The van der Waals surface area contributed by atoms with Gasteiger partial charge in [-0.25, -0.2) is 4.68 Å². The fourth-order valence-electron chi connectivity index (χ4n) is 2.09. The van der Waals surface area contributed by atoms with Crippen molar-refractivity contribution in [2.45, 2.75) is 37.7 Å². The van der Waals surface area contributed by atoms with Crippen LogP contribution in [-0.4, -0.2) is 31.4 Å². The Morgan fingerprint density at radius 2 is 2.31 bits per heavy atom. The van der Waals surface area contributed by atoms with Crippen molar-refractivity contribution in [3.63, 3.8) is 0 Å². The summed E-state index contributed by atoms with van der Waals surface area (Å²) in [7, 11) is 1.70. The lowest BCUT2D eigenvalue weighted by Gasteiger charge is -2.20. The van der Waals surface area contributed by atoms with Crippen molar-refractivity contribution < 1.29 is 9.90 Å². The minimum Gasteiger partial charge on any atom is -0.389 e. The molecule has 88 valence electrons. The Balaban J connectivity index is 1.92. The fraction of sp³-hybridized carbons (Fsp3) is 0.700. The van der Waals surface area contributed by atoms with Gasteiger partial charge in [-0.2, -0.15) is 10.1 Å². The summed E-state index contributed by atoms with van der Waals surface area (Å²) in [5, 5.41) is 16.5. The number of aliphatic hydroxyl groups is 1.